The summed E-state index contributed by atoms with van der Waals surface area (Å²) in [7, 11) is 0. The van der Waals surface area contributed by atoms with E-state index in [0.717, 1.165) is 11.6 Å². The van der Waals surface area contributed by atoms with Crippen molar-refractivity contribution in [1.29, 1.82) is 0 Å². The fourth-order valence-corrected chi connectivity index (χ4v) is 2.90. The molecule has 2 aromatic rings. The second-order valence-electron chi connectivity index (χ2n) is 5.54. The van der Waals surface area contributed by atoms with Crippen LogP contribution in [0.3, 0.4) is 0 Å². The molecule has 0 bridgehead atoms. The van der Waals surface area contributed by atoms with Gasteiger partial charge in [-0.25, -0.2) is 0 Å². The zero-order valence-corrected chi connectivity index (χ0v) is 14.2. The van der Waals surface area contributed by atoms with Crippen LogP contribution in [0.15, 0.2) is 49.0 Å². The van der Waals surface area contributed by atoms with Crippen LogP contribution in [0, 0.1) is 10.1 Å². The van der Waals surface area contributed by atoms with Crippen molar-refractivity contribution in [2.24, 2.45) is 0 Å². The first kappa shape index (κ1) is 17.6. The summed E-state index contributed by atoms with van der Waals surface area (Å²) >= 11 is 5.78. The molecule has 1 heterocycles. The molecule has 0 aliphatic carbocycles. The first-order chi connectivity index (χ1) is 12.4. The van der Waals surface area contributed by atoms with E-state index in [2.05, 4.69) is 6.58 Å². The Morgan fingerprint density at radius 3 is 2.54 bits per heavy atom. The molecule has 1 amide bonds. The lowest BCUT2D eigenvalue weighted by atomic mass is 10.1. The zero-order valence-electron chi connectivity index (χ0n) is 13.5. The van der Waals surface area contributed by atoms with Crippen molar-refractivity contribution in [2.75, 3.05) is 6.54 Å². The summed E-state index contributed by atoms with van der Waals surface area (Å²) in [4.78, 5) is 35.9. The molecule has 7 nitrogen and oxygen atoms in total. The molecule has 0 saturated heterocycles. The number of benzene rings is 2. The normalized spacial score (nSPS) is 12.9. The van der Waals surface area contributed by atoms with E-state index in [1.807, 2.05) is 6.07 Å². The Kier molecular flexibility index (Phi) is 4.73. The number of halogens is 1. The third kappa shape index (κ3) is 3.29. The quantitative estimate of drug-likeness (QED) is 0.345. The van der Waals surface area contributed by atoms with Gasteiger partial charge in [0.25, 0.3) is 11.6 Å². The van der Waals surface area contributed by atoms with Crippen molar-refractivity contribution < 1.29 is 19.2 Å². The number of nitro groups is 1. The fourth-order valence-electron chi connectivity index (χ4n) is 2.66. The predicted molar refractivity (Wildman–Crippen MR) is 94.9 cm³/mol. The molecule has 8 heteroatoms. The number of hydrogen-bond donors (Lipinski definition) is 0. The Hall–Kier alpha value is -3.19. The van der Waals surface area contributed by atoms with Crippen LogP contribution < -0.4 is 4.74 Å². The Labute approximate surface area is 153 Å². The fraction of sp³-hybridized carbons (Fsp3) is 0.111. The van der Waals surface area contributed by atoms with Crippen molar-refractivity contribution in [3.63, 3.8) is 0 Å². The average molecular weight is 373 g/mol. The molecule has 1 aliphatic rings. The lowest BCUT2D eigenvalue weighted by Crippen LogP contribution is -2.26. The van der Waals surface area contributed by atoms with Gasteiger partial charge in [-0.2, -0.15) is 0 Å². The van der Waals surface area contributed by atoms with Gasteiger partial charge in [0.1, 0.15) is 10.8 Å². The number of amides is 1. The van der Waals surface area contributed by atoms with Gasteiger partial charge < -0.3 is 9.64 Å². The minimum absolute atomic E-state index is 0.0621. The highest BCUT2D eigenvalue weighted by Gasteiger charge is 2.30. The second-order valence-corrected chi connectivity index (χ2v) is 5.95. The van der Waals surface area contributed by atoms with Gasteiger partial charge in [0.05, 0.1) is 11.3 Å². The number of carbonyl (C=O) groups is 2. The number of fused-ring (bicyclic) bond motifs is 1. The Morgan fingerprint density at radius 2 is 1.92 bits per heavy atom. The van der Waals surface area contributed by atoms with Crippen molar-refractivity contribution in [3.8, 4) is 5.75 Å². The monoisotopic (exact) mass is 372 g/mol. The third-order valence-corrected chi connectivity index (χ3v) is 4.23. The van der Waals surface area contributed by atoms with E-state index in [-0.39, 0.29) is 35.3 Å². The number of rotatable bonds is 5. The minimum Gasteiger partial charge on any atom is -0.426 e. The summed E-state index contributed by atoms with van der Waals surface area (Å²) in [6, 6.07) is 10.7. The van der Waals surface area contributed by atoms with Gasteiger partial charge in [0, 0.05) is 35.5 Å². The van der Waals surface area contributed by atoms with Crippen molar-refractivity contribution in [1.82, 2.24) is 4.90 Å². The summed E-state index contributed by atoms with van der Waals surface area (Å²) in [6.07, 6.45) is -0.0621. The van der Waals surface area contributed by atoms with Crippen LogP contribution in [0.25, 0.3) is 5.70 Å². The van der Waals surface area contributed by atoms with Crippen LogP contribution in [0.2, 0.25) is 5.02 Å². The third-order valence-electron chi connectivity index (χ3n) is 3.93. The van der Waals surface area contributed by atoms with Crippen LogP contribution in [-0.2, 0) is 4.79 Å². The van der Waals surface area contributed by atoms with Crippen LogP contribution in [0.5, 0.6) is 5.75 Å². The Balaban J connectivity index is 1.62. The van der Waals surface area contributed by atoms with Crippen molar-refractivity contribution in [2.45, 2.75) is 6.42 Å². The van der Waals surface area contributed by atoms with E-state index in [1.165, 1.54) is 17.0 Å². The molecule has 0 atom stereocenters. The summed E-state index contributed by atoms with van der Waals surface area (Å²) in [5, 5.41) is 10.6. The number of hydrogen-bond acceptors (Lipinski definition) is 5. The van der Waals surface area contributed by atoms with E-state index in [0.29, 0.717) is 11.3 Å². The molecule has 1 aliphatic heterocycles. The van der Waals surface area contributed by atoms with E-state index >= 15 is 0 Å². The number of esters is 1. The number of nitro benzene ring substituents is 1. The number of ether oxygens (including phenoxy) is 1. The Morgan fingerprint density at radius 1 is 1.23 bits per heavy atom. The summed E-state index contributed by atoms with van der Waals surface area (Å²) in [5.41, 5.74) is 1.56. The minimum atomic E-state index is -0.629. The standard InChI is InChI=1S/C18H13ClN2O5/c1-11-13-4-2-3-5-14(13)18(23)20(11)9-8-17(22)26-12-6-7-16(21(24)25)15(19)10-12/h2-7,10H,1,8-9H2. The highest BCUT2D eigenvalue weighted by atomic mass is 35.5. The average Bonchev–Trinajstić information content (AvgIpc) is 2.84. The van der Waals surface area contributed by atoms with Gasteiger partial charge in [0.15, 0.2) is 0 Å². The maximum atomic E-state index is 12.4. The highest BCUT2D eigenvalue weighted by Crippen LogP contribution is 2.31. The Bertz CT molecular complexity index is 906. The maximum absolute atomic E-state index is 12.4. The molecule has 2 aromatic carbocycles. The molecular weight excluding hydrogens is 360 g/mol. The largest absolute Gasteiger partial charge is 0.426 e. The van der Waals surface area contributed by atoms with Gasteiger partial charge in [-0.05, 0) is 12.1 Å². The van der Waals surface area contributed by atoms with E-state index in [4.69, 9.17) is 16.3 Å². The smallest absolute Gasteiger partial charge is 0.312 e. The van der Waals surface area contributed by atoms with E-state index < -0.39 is 10.9 Å². The molecule has 0 spiro atoms. The summed E-state index contributed by atoms with van der Waals surface area (Å²) in [5.74, 6) is -0.705. The topological polar surface area (TPSA) is 89.8 Å². The van der Waals surface area contributed by atoms with Gasteiger partial charge >= 0.3 is 5.97 Å². The first-order valence-electron chi connectivity index (χ1n) is 7.63. The molecule has 3 rings (SSSR count). The maximum Gasteiger partial charge on any atom is 0.312 e. The van der Waals surface area contributed by atoms with Gasteiger partial charge in [-0.3, -0.25) is 19.7 Å². The molecule has 0 aromatic heterocycles. The molecule has 0 radical (unpaired) electrons. The van der Waals surface area contributed by atoms with Crippen LogP contribution in [-0.4, -0.2) is 28.2 Å². The predicted octanol–water partition coefficient (Wildman–Crippen LogP) is 3.67. The van der Waals surface area contributed by atoms with E-state index in [9.17, 15) is 19.7 Å². The molecule has 26 heavy (non-hydrogen) atoms. The zero-order chi connectivity index (χ0) is 18.8. The molecule has 0 fully saturated rings. The SMILES string of the molecule is C=C1c2ccccc2C(=O)N1CCC(=O)Oc1ccc([N+](=O)[O-])c(Cl)c1. The lowest BCUT2D eigenvalue weighted by molar-refractivity contribution is -0.384. The van der Waals surface area contributed by atoms with Gasteiger partial charge in [-0.15, -0.1) is 0 Å². The first-order valence-corrected chi connectivity index (χ1v) is 8.01. The van der Waals surface area contributed by atoms with E-state index in [1.54, 1.807) is 18.2 Å². The van der Waals surface area contributed by atoms with Crippen LogP contribution in [0.1, 0.15) is 22.3 Å². The molecular formula is C18H13ClN2O5. The number of carbonyl (C=O) groups excluding carboxylic acids is 2. The molecule has 0 saturated carbocycles. The van der Waals surface area contributed by atoms with Crippen LogP contribution >= 0.6 is 11.6 Å². The van der Waals surface area contributed by atoms with Crippen molar-refractivity contribution >= 4 is 34.9 Å². The number of nitrogens with zero attached hydrogens (tertiary/aromatic N) is 2. The second kappa shape index (κ2) is 6.97. The summed E-state index contributed by atoms with van der Waals surface area (Å²) in [6.45, 7) is 4.02. The molecule has 132 valence electrons. The highest BCUT2D eigenvalue weighted by molar-refractivity contribution is 6.32. The van der Waals surface area contributed by atoms with Gasteiger partial charge in [-0.1, -0.05) is 36.4 Å². The molecule has 0 N–H and O–H groups in total. The van der Waals surface area contributed by atoms with Crippen molar-refractivity contribution in [3.05, 3.63) is 75.3 Å². The van der Waals surface area contributed by atoms with Gasteiger partial charge in [0.2, 0.25) is 0 Å². The summed E-state index contributed by atoms with van der Waals surface area (Å²) < 4.78 is 5.12. The lowest BCUT2D eigenvalue weighted by Gasteiger charge is -2.16. The van der Waals surface area contributed by atoms with Crippen LogP contribution in [0.4, 0.5) is 5.69 Å². The molecule has 0 unspecified atom stereocenters.